The Kier molecular flexibility index (Phi) is 7.63. The summed E-state index contributed by atoms with van der Waals surface area (Å²) in [5.74, 6) is 0.847. The van der Waals surface area contributed by atoms with Gasteiger partial charge in [-0.05, 0) is 29.1 Å². The van der Waals surface area contributed by atoms with Gasteiger partial charge in [-0.2, -0.15) is 0 Å². The summed E-state index contributed by atoms with van der Waals surface area (Å²) < 4.78 is 7.46. The number of aromatic nitrogens is 2. The number of carbonyl (C=O) groups is 1. The van der Waals surface area contributed by atoms with Crippen LogP contribution in [0.4, 0.5) is 0 Å². The third-order valence-corrected chi connectivity index (χ3v) is 6.74. The van der Waals surface area contributed by atoms with Gasteiger partial charge in [0.15, 0.2) is 0 Å². The number of ether oxygens (including phenoxy) is 1. The van der Waals surface area contributed by atoms with Crippen molar-refractivity contribution in [2.45, 2.75) is 13.1 Å². The van der Waals surface area contributed by atoms with E-state index in [0.29, 0.717) is 29.7 Å². The van der Waals surface area contributed by atoms with Crippen molar-refractivity contribution in [3.05, 3.63) is 74.4 Å². The Bertz CT molecular complexity index is 1000. The lowest BCUT2D eigenvalue weighted by Gasteiger charge is -2.30. The van der Waals surface area contributed by atoms with Gasteiger partial charge in [0, 0.05) is 48.6 Å². The van der Waals surface area contributed by atoms with E-state index < -0.39 is 0 Å². The molecule has 3 aromatic rings. The summed E-state index contributed by atoms with van der Waals surface area (Å²) in [6, 6.07) is 9.26. The zero-order chi connectivity index (χ0) is 21.6. The molecule has 0 atom stereocenters. The maximum atomic E-state index is 13.2. The van der Waals surface area contributed by atoms with Crippen molar-refractivity contribution in [1.82, 2.24) is 19.4 Å². The van der Waals surface area contributed by atoms with Crippen LogP contribution in [0.1, 0.15) is 21.1 Å². The highest BCUT2D eigenvalue weighted by molar-refractivity contribution is 7.12. The number of benzene rings is 1. The van der Waals surface area contributed by atoms with Crippen LogP contribution in [0.2, 0.25) is 10.0 Å². The van der Waals surface area contributed by atoms with Gasteiger partial charge in [0.25, 0.3) is 5.91 Å². The van der Waals surface area contributed by atoms with Gasteiger partial charge in [-0.25, -0.2) is 4.98 Å². The number of morpholine rings is 1. The number of halogens is 2. The fourth-order valence-corrected chi connectivity index (χ4v) is 4.69. The number of thiophene rings is 1. The summed E-state index contributed by atoms with van der Waals surface area (Å²) in [5.41, 5.74) is 0.953. The Balaban J connectivity index is 1.49. The minimum Gasteiger partial charge on any atom is -0.379 e. The molecule has 0 spiro atoms. The minimum atomic E-state index is 0.0299. The largest absolute Gasteiger partial charge is 0.379 e. The molecule has 1 fully saturated rings. The second-order valence-electron chi connectivity index (χ2n) is 7.37. The molecule has 1 amide bonds. The lowest BCUT2D eigenvalue weighted by atomic mass is 10.2. The molecule has 1 saturated heterocycles. The van der Waals surface area contributed by atoms with E-state index in [2.05, 4.69) is 9.88 Å². The predicted octanol–water partition coefficient (Wildman–Crippen LogP) is 4.27. The summed E-state index contributed by atoms with van der Waals surface area (Å²) in [6.07, 6.45) is 3.67. The molecule has 3 heterocycles. The summed E-state index contributed by atoms with van der Waals surface area (Å²) in [7, 11) is 0. The maximum Gasteiger partial charge on any atom is 0.264 e. The van der Waals surface area contributed by atoms with Crippen LogP contribution in [0.3, 0.4) is 0 Å². The summed E-state index contributed by atoms with van der Waals surface area (Å²) in [4.78, 5) is 22.7. The third-order valence-electron chi connectivity index (χ3n) is 5.30. The van der Waals surface area contributed by atoms with Crippen molar-refractivity contribution < 1.29 is 9.53 Å². The number of imidazole rings is 1. The molecule has 1 aliphatic rings. The molecule has 6 nitrogen and oxygen atoms in total. The van der Waals surface area contributed by atoms with Crippen molar-refractivity contribution in [3.8, 4) is 0 Å². The fourth-order valence-electron chi connectivity index (χ4n) is 3.54. The van der Waals surface area contributed by atoms with E-state index in [0.717, 1.165) is 49.1 Å². The van der Waals surface area contributed by atoms with Crippen LogP contribution in [-0.2, 0) is 17.8 Å². The molecule has 0 aliphatic carbocycles. The Morgan fingerprint density at radius 3 is 2.81 bits per heavy atom. The second kappa shape index (κ2) is 10.6. The maximum absolute atomic E-state index is 13.2. The van der Waals surface area contributed by atoms with E-state index in [4.69, 9.17) is 27.9 Å². The van der Waals surface area contributed by atoms with Gasteiger partial charge in [-0.3, -0.25) is 9.69 Å². The van der Waals surface area contributed by atoms with Crippen LogP contribution in [0, 0.1) is 0 Å². The molecule has 0 bridgehead atoms. The zero-order valence-electron chi connectivity index (χ0n) is 17.0. The van der Waals surface area contributed by atoms with E-state index in [1.54, 1.807) is 12.3 Å². The second-order valence-corrected chi connectivity index (χ2v) is 9.16. The van der Waals surface area contributed by atoms with Crippen LogP contribution in [0.25, 0.3) is 0 Å². The fraction of sp³-hybridized carbons (Fsp3) is 0.364. The highest BCUT2D eigenvalue weighted by Gasteiger charge is 2.21. The standard InChI is InChI=1S/C22H24Cl2N4O2S/c23-18-4-3-17(19(24)14-18)15-27-6-5-25-21(27)16-28(22(29)20-2-1-13-31-20)8-7-26-9-11-30-12-10-26/h1-6,13-14H,7-12,15-16H2. The highest BCUT2D eigenvalue weighted by atomic mass is 35.5. The van der Waals surface area contributed by atoms with E-state index in [-0.39, 0.29) is 5.91 Å². The molecule has 0 saturated carbocycles. The molecule has 1 aromatic carbocycles. The monoisotopic (exact) mass is 478 g/mol. The number of rotatable bonds is 8. The number of nitrogens with zero attached hydrogens (tertiary/aromatic N) is 4. The van der Waals surface area contributed by atoms with E-state index >= 15 is 0 Å². The molecular weight excluding hydrogens is 455 g/mol. The Morgan fingerprint density at radius 1 is 1.23 bits per heavy atom. The Hall–Kier alpha value is -1.90. The summed E-state index contributed by atoms with van der Waals surface area (Å²) in [5, 5.41) is 3.15. The van der Waals surface area contributed by atoms with Crippen LogP contribution in [-0.4, -0.2) is 64.7 Å². The lowest BCUT2D eigenvalue weighted by Crippen LogP contribution is -2.43. The van der Waals surface area contributed by atoms with Gasteiger partial charge in [0.1, 0.15) is 5.82 Å². The molecule has 0 N–H and O–H groups in total. The number of amides is 1. The predicted molar refractivity (Wildman–Crippen MR) is 124 cm³/mol. The van der Waals surface area contributed by atoms with E-state index in [1.165, 1.54) is 11.3 Å². The third kappa shape index (κ3) is 5.87. The van der Waals surface area contributed by atoms with E-state index in [9.17, 15) is 4.79 Å². The van der Waals surface area contributed by atoms with Gasteiger partial charge < -0.3 is 14.2 Å². The van der Waals surface area contributed by atoms with Gasteiger partial charge >= 0.3 is 0 Å². The van der Waals surface area contributed by atoms with Crippen LogP contribution in [0.5, 0.6) is 0 Å². The molecule has 2 aromatic heterocycles. The Labute approximate surface area is 196 Å². The summed E-state index contributed by atoms with van der Waals surface area (Å²) >= 11 is 13.8. The van der Waals surface area contributed by atoms with Crippen molar-refractivity contribution in [2.24, 2.45) is 0 Å². The molecule has 9 heteroatoms. The number of carbonyl (C=O) groups excluding carboxylic acids is 1. The van der Waals surface area contributed by atoms with E-state index in [1.807, 2.05) is 45.3 Å². The van der Waals surface area contributed by atoms with Crippen molar-refractivity contribution >= 4 is 40.4 Å². The lowest BCUT2D eigenvalue weighted by molar-refractivity contribution is 0.0319. The van der Waals surface area contributed by atoms with Gasteiger partial charge in [0.2, 0.25) is 0 Å². The van der Waals surface area contributed by atoms with Crippen molar-refractivity contribution in [2.75, 3.05) is 39.4 Å². The summed E-state index contributed by atoms with van der Waals surface area (Å²) in [6.45, 7) is 5.70. The average Bonchev–Trinajstić information content (AvgIpc) is 3.46. The Morgan fingerprint density at radius 2 is 2.06 bits per heavy atom. The van der Waals surface area contributed by atoms with Gasteiger partial charge in [0.05, 0.1) is 31.2 Å². The zero-order valence-corrected chi connectivity index (χ0v) is 19.4. The number of hydrogen-bond donors (Lipinski definition) is 0. The van der Waals surface area contributed by atoms with Crippen molar-refractivity contribution in [3.63, 3.8) is 0 Å². The minimum absolute atomic E-state index is 0.0299. The molecule has 1 aliphatic heterocycles. The first-order chi connectivity index (χ1) is 15.1. The SMILES string of the molecule is O=C(c1cccs1)N(CCN1CCOCC1)Cc1nccn1Cc1ccc(Cl)cc1Cl. The number of hydrogen-bond acceptors (Lipinski definition) is 5. The normalized spacial score (nSPS) is 14.6. The molecule has 0 unspecified atom stereocenters. The average molecular weight is 479 g/mol. The molecular formula is C22H24Cl2N4O2S. The van der Waals surface area contributed by atoms with Crippen LogP contribution in [0.15, 0.2) is 48.1 Å². The molecule has 4 rings (SSSR count). The molecule has 164 valence electrons. The first kappa shape index (κ1) is 22.3. The molecule has 31 heavy (non-hydrogen) atoms. The molecule has 0 radical (unpaired) electrons. The van der Waals surface area contributed by atoms with Gasteiger partial charge in [-0.15, -0.1) is 11.3 Å². The van der Waals surface area contributed by atoms with Gasteiger partial charge in [-0.1, -0.05) is 35.3 Å². The quantitative estimate of drug-likeness (QED) is 0.484. The smallest absolute Gasteiger partial charge is 0.264 e. The highest BCUT2D eigenvalue weighted by Crippen LogP contribution is 2.22. The van der Waals surface area contributed by atoms with Crippen LogP contribution >= 0.6 is 34.5 Å². The van der Waals surface area contributed by atoms with Crippen LogP contribution < -0.4 is 0 Å². The first-order valence-electron chi connectivity index (χ1n) is 10.2. The van der Waals surface area contributed by atoms with Crippen molar-refractivity contribution in [1.29, 1.82) is 0 Å². The first-order valence-corrected chi connectivity index (χ1v) is 11.8. The topological polar surface area (TPSA) is 50.6 Å².